The second-order valence-corrected chi connectivity index (χ2v) is 7.72. The van der Waals surface area contributed by atoms with E-state index >= 15 is 0 Å². The number of nitrogens with zero attached hydrogens (tertiary/aromatic N) is 1. The summed E-state index contributed by atoms with van der Waals surface area (Å²) < 4.78 is 18.7. The molecule has 0 radical (unpaired) electrons. The van der Waals surface area contributed by atoms with Gasteiger partial charge in [-0.25, -0.2) is 4.39 Å². The van der Waals surface area contributed by atoms with Gasteiger partial charge in [-0.1, -0.05) is 27.5 Å². The number of amides is 3. The van der Waals surface area contributed by atoms with Gasteiger partial charge in [-0.05, 0) is 42.8 Å². The van der Waals surface area contributed by atoms with E-state index in [2.05, 4.69) is 21.2 Å². The summed E-state index contributed by atoms with van der Waals surface area (Å²) in [6, 6.07) is 8.48. The van der Waals surface area contributed by atoms with Gasteiger partial charge < -0.3 is 10.1 Å². The maximum atomic E-state index is 13.1. The summed E-state index contributed by atoms with van der Waals surface area (Å²) >= 11 is 8.89. The van der Waals surface area contributed by atoms with Crippen molar-refractivity contribution in [3.63, 3.8) is 0 Å². The molecule has 0 fully saturated rings. The molecule has 10 heteroatoms. The molecule has 7 nitrogen and oxygen atoms in total. The first kappa shape index (κ1) is 21.9. The second-order valence-electron chi connectivity index (χ2n) is 6.39. The van der Waals surface area contributed by atoms with Crippen LogP contribution in [0.2, 0.25) is 5.02 Å². The molecule has 0 saturated heterocycles. The van der Waals surface area contributed by atoms with E-state index in [-0.39, 0.29) is 30.1 Å². The molecule has 0 atom stereocenters. The molecule has 2 aromatic rings. The van der Waals surface area contributed by atoms with Crippen LogP contribution in [0.4, 0.5) is 10.1 Å². The SMILES string of the molecule is O=C(COC(=O)CCCN1C(=O)c2ccc(Br)cc2C1=O)Nc1ccc(F)c(Cl)c1. The van der Waals surface area contributed by atoms with Crippen LogP contribution in [-0.4, -0.2) is 41.7 Å². The van der Waals surface area contributed by atoms with E-state index in [9.17, 15) is 23.6 Å². The molecule has 0 saturated carbocycles. The molecule has 3 amide bonds. The molecule has 0 aliphatic carbocycles. The highest BCUT2D eigenvalue weighted by molar-refractivity contribution is 9.10. The van der Waals surface area contributed by atoms with Crippen molar-refractivity contribution < 1.29 is 28.3 Å². The Bertz CT molecular complexity index is 1050. The summed E-state index contributed by atoms with van der Waals surface area (Å²) in [6.07, 6.45) is 0.118. The maximum Gasteiger partial charge on any atom is 0.306 e. The van der Waals surface area contributed by atoms with Gasteiger partial charge in [0, 0.05) is 23.1 Å². The molecule has 0 aromatic heterocycles. The molecule has 1 aliphatic rings. The maximum absolute atomic E-state index is 13.1. The fraction of sp³-hybridized carbons (Fsp3) is 0.200. The highest BCUT2D eigenvalue weighted by Gasteiger charge is 2.35. The minimum atomic E-state index is -0.651. The van der Waals surface area contributed by atoms with Crippen LogP contribution in [0.25, 0.3) is 0 Å². The van der Waals surface area contributed by atoms with Crippen molar-refractivity contribution in [1.82, 2.24) is 4.90 Å². The van der Waals surface area contributed by atoms with Gasteiger partial charge in [-0.3, -0.25) is 24.1 Å². The third kappa shape index (κ3) is 5.03. The van der Waals surface area contributed by atoms with Gasteiger partial charge >= 0.3 is 5.97 Å². The van der Waals surface area contributed by atoms with Crippen LogP contribution in [0, 0.1) is 5.82 Å². The molecule has 0 spiro atoms. The van der Waals surface area contributed by atoms with Crippen molar-refractivity contribution in [2.75, 3.05) is 18.5 Å². The molecular weight excluding hydrogens is 483 g/mol. The van der Waals surface area contributed by atoms with Crippen molar-refractivity contribution in [3.05, 3.63) is 62.8 Å². The highest BCUT2D eigenvalue weighted by atomic mass is 79.9. The Morgan fingerprint density at radius 1 is 1.10 bits per heavy atom. The van der Waals surface area contributed by atoms with Crippen LogP contribution >= 0.6 is 27.5 Å². The average molecular weight is 498 g/mol. The number of rotatable bonds is 7. The van der Waals surface area contributed by atoms with Crippen LogP contribution < -0.4 is 5.32 Å². The molecule has 156 valence electrons. The van der Waals surface area contributed by atoms with Crippen molar-refractivity contribution in [2.24, 2.45) is 0 Å². The van der Waals surface area contributed by atoms with Crippen LogP contribution in [0.5, 0.6) is 0 Å². The monoisotopic (exact) mass is 496 g/mol. The zero-order valence-electron chi connectivity index (χ0n) is 15.4. The third-order valence-electron chi connectivity index (χ3n) is 4.26. The van der Waals surface area contributed by atoms with E-state index in [0.29, 0.717) is 15.6 Å². The molecule has 1 heterocycles. The summed E-state index contributed by atoms with van der Waals surface area (Å²) in [5.41, 5.74) is 0.901. The minimum Gasteiger partial charge on any atom is -0.456 e. The predicted molar refractivity (Wildman–Crippen MR) is 110 cm³/mol. The first-order valence-electron chi connectivity index (χ1n) is 8.82. The van der Waals surface area contributed by atoms with E-state index < -0.39 is 36.1 Å². The normalized spacial score (nSPS) is 12.7. The quantitative estimate of drug-likeness (QED) is 0.464. The first-order valence-corrected chi connectivity index (χ1v) is 9.99. The lowest BCUT2D eigenvalue weighted by Crippen LogP contribution is -2.31. The number of ether oxygens (including phenoxy) is 1. The number of carbonyl (C=O) groups is 4. The molecule has 30 heavy (non-hydrogen) atoms. The first-order chi connectivity index (χ1) is 14.3. The largest absolute Gasteiger partial charge is 0.456 e. The van der Waals surface area contributed by atoms with Gasteiger partial charge in [-0.2, -0.15) is 0 Å². The van der Waals surface area contributed by atoms with E-state index in [1.807, 2.05) is 0 Å². The number of halogens is 3. The zero-order valence-corrected chi connectivity index (χ0v) is 17.8. The number of carbonyl (C=O) groups excluding carboxylic acids is 4. The molecule has 2 aromatic carbocycles. The Hall–Kier alpha value is -2.78. The van der Waals surface area contributed by atoms with E-state index in [1.165, 1.54) is 12.1 Å². The lowest BCUT2D eigenvalue weighted by atomic mass is 10.1. The fourth-order valence-electron chi connectivity index (χ4n) is 2.84. The molecular formula is C20H15BrClFN2O5. The summed E-state index contributed by atoms with van der Waals surface area (Å²) in [4.78, 5) is 49.4. The number of hydrogen-bond donors (Lipinski definition) is 1. The van der Waals surface area contributed by atoms with Gasteiger partial charge in [0.05, 0.1) is 16.1 Å². The van der Waals surface area contributed by atoms with Crippen LogP contribution in [-0.2, 0) is 14.3 Å². The Kier molecular flexibility index (Phi) is 6.84. The van der Waals surface area contributed by atoms with Gasteiger partial charge in [0.15, 0.2) is 6.61 Å². The highest BCUT2D eigenvalue weighted by Crippen LogP contribution is 2.26. The molecule has 0 bridgehead atoms. The summed E-state index contributed by atoms with van der Waals surface area (Å²) in [5.74, 6) is -2.71. The predicted octanol–water partition coefficient (Wildman–Crippen LogP) is 3.80. The van der Waals surface area contributed by atoms with E-state index in [1.54, 1.807) is 18.2 Å². The number of esters is 1. The molecule has 0 unspecified atom stereocenters. The number of imide groups is 1. The van der Waals surface area contributed by atoms with Crippen molar-refractivity contribution in [1.29, 1.82) is 0 Å². The zero-order chi connectivity index (χ0) is 21.8. The standard InChI is InChI=1S/C20H15BrClFN2O5/c21-11-3-5-13-14(8-11)20(29)25(19(13)28)7-1-2-18(27)30-10-17(26)24-12-4-6-16(23)15(22)9-12/h3-6,8-9H,1-2,7,10H2,(H,24,26). The second kappa shape index (κ2) is 9.36. The topological polar surface area (TPSA) is 92.8 Å². The lowest BCUT2D eigenvalue weighted by molar-refractivity contribution is -0.147. The van der Waals surface area contributed by atoms with Crippen molar-refractivity contribution in [3.8, 4) is 0 Å². The summed E-state index contributed by atoms with van der Waals surface area (Å²) in [6.45, 7) is -0.478. The molecule has 1 aliphatic heterocycles. The van der Waals surface area contributed by atoms with Crippen LogP contribution in [0.3, 0.4) is 0 Å². The average Bonchev–Trinajstić information content (AvgIpc) is 2.93. The van der Waals surface area contributed by atoms with Crippen molar-refractivity contribution in [2.45, 2.75) is 12.8 Å². The van der Waals surface area contributed by atoms with Gasteiger partial charge in [0.2, 0.25) is 0 Å². The third-order valence-corrected chi connectivity index (χ3v) is 5.05. The Balaban J connectivity index is 1.42. The molecule has 1 N–H and O–H groups in total. The fourth-order valence-corrected chi connectivity index (χ4v) is 3.38. The summed E-state index contributed by atoms with van der Waals surface area (Å²) in [7, 11) is 0. The smallest absolute Gasteiger partial charge is 0.306 e. The van der Waals surface area contributed by atoms with Crippen LogP contribution in [0.1, 0.15) is 33.6 Å². The van der Waals surface area contributed by atoms with Gasteiger partial charge in [0.1, 0.15) is 5.82 Å². The van der Waals surface area contributed by atoms with Crippen molar-refractivity contribution >= 4 is 56.9 Å². The number of hydrogen-bond acceptors (Lipinski definition) is 5. The van der Waals surface area contributed by atoms with E-state index in [4.69, 9.17) is 16.3 Å². The summed E-state index contributed by atoms with van der Waals surface area (Å²) in [5, 5.41) is 2.28. The Labute approximate surface area is 184 Å². The van der Waals surface area contributed by atoms with Gasteiger partial charge in [0.25, 0.3) is 17.7 Å². The molecule has 3 rings (SSSR count). The number of benzene rings is 2. The van der Waals surface area contributed by atoms with Gasteiger partial charge in [-0.15, -0.1) is 0 Å². The Morgan fingerprint density at radius 3 is 2.57 bits per heavy atom. The van der Waals surface area contributed by atoms with E-state index in [0.717, 1.165) is 11.0 Å². The Morgan fingerprint density at radius 2 is 1.83 bits per heavy atom. The number of nitrogens with one attached hydrogen (secondary N) is 1. The minimum absolute atomic E-state index is 0.0549. The van der Waals surface area contributed by atoms with Crippen LogP contribution in [0.15, 0.2) is 40.9 Å². The lowest BCUT2D eigenvalue weighted by Gasteiger charge is -2.13. The number of fused-ring (bicyclic) bond motifs is 1. The number of anilines is 1.